The van der Waals surface area contributed by atoms with E-state index in [1.54, 1.807) is 0 Å². The lowest BCUT2D eigenvalue weighted by molar-refractivity contribution is 0.0561. The fourth-order valence-corrected chi connectivity index (χ4v) is 3.02. The van der Waals surface area contributed by atoms with Crippen LogP contribution in [-0.2, 0) is 5.54 Å². The Balaban J connectivity index is 1.91. The summed E-state index contributed by atoms with van der Waals surface area (Å²) in [6, 6.07) is 5.03. The summed E-state index contributed by atoms with van der Waals surface area (Å²) in [6.45, 7) is -0.948. The van der Waals surface area contributed by atoms with Gasteiger partial charge in [0.1, 0.15) is 5.82 Å². The van der Waals surface area contributed by atoms with Crippen molar-refractivity contribution in [3.8, 4) is 12.3 Å². The first kappa shape index (κ1) is 19.5. The second-order valence-electron chi connectivity index (χ2n) is 6.59. The van der Waals surface area contributed by atoms with Crippen LogP contribution in [0.1, 0.15) is 42.4 Å². The molecule has 0 unspecified atom stereocenters. The Morgan fingerprint density at radius 2 is 2.21 bits per heavy atom. The highest BCUT2D eigenvalue weighted by molar-refractivity contribution is 6.02. The van der Waals surface area contributed by atoms with Gasteiger partial charge in [-0.15, -0.1) is 6.42 Å². The number of aliphatic imine (C=N–C) groups is 1. The molecule has 1 amide bonds. The highest BCUT2D eigenvalue weighted by Crippen LogP contribution is 2.38. The molecule has 0 fully saturated rings. The summed E-state index contributed by atoms with van der Waals surface area (Å²) in [5.74, 6) is 1.62. The second kappa shape index (κ2) is 7.38. The number of nitrogens with zero attached hydrogens (tertiary/aromatic N) is 3. The molecule has 1 aliphatic rings. The van der Waals surface area contributed by atoms with E-state index in [1.165, 1.54) is 12.1 Å². The van der Waals surface area contributed by atoms with Gasteiger partial charge >= 0.3 is 6.55 Å². The summed E-state index contributed by atoms with van der Waals surface area (Å²) in [4.78, 5) is 16.6. The van der Waals surface area contributed by atoms with Crippen molar-refractivity contribution in [3.63, 3.8) is 0 Å². The first-order chi connectivity index (χ1) is 13.3. The Labute approximate surface area is 159 Å². The van der Waals surface area contributed by atoms with Crippen LogP contribution in [0.25, 0.3) is 0 Å². The lowest BCUT2D eigenvalue weighted by atomic mass is 9.81. The van der Waals surface area contributed by atoms with Gasteiger partial charge in [0.15, 0.2) is 11.2 Å². The van der Waals surface area contributed by atoms with Gasteiger partial charge in [-0.3, -0.25) is 4.79 Å². The van der Waals surface area contributed by atoms with Crippen LogP contribution < -0.4 is 11.1 Å². The van der Waals surface area contributed by atoms with Crippen molar-refractivity contribution < 1.29 is 18.0 Å². The number of anilines is 1. The van der Waals surface area contributed by atoms with Crippen molar-refractivity contribution in [2.24, 2.45) is 16.6 Å². The third kappa shape index (κ3) is 3.58. The zero-order chi connectivity index (χ0) is 20.5. The standard InChI is InChI=1S/C19H18F3N5O/c1-3-19(8-6-11(2)16(23)25-19)13-10-12(4-5-14(13)20)24-17(28)15-7-9-27(26-15)18(21)22/h1,4-5,7,9-11,18H,6,8H2,2H3,(H2,23,25)(H,24,28)/t11-,19-/m0/s1. The molecule has 0 spiro atoms. The Morgan fingerprint density at radius 1 is 1.46 bits per heavy atom. The number of hydrogen-bond donors (Lipinski definition) is 2. The van der Waals surface area contributed by atoms with E-state index in [1.807, 2.05) is 6.92 Å². The van der Waals surface area contributed by atoms with E-state index in [0.29, 0.717) is 23.4 Å². The van der Waals surface area contributed by atoms with Crippen molar-refractivity contribution in [2.75, 3.05) is 5.32 Å². The molecule has 0 aliphatic carbocycles. The van der Waals surface area contributed by atoms with Gasteiger partial charge < -0.3 is 11.1 Å². The summed E-state index contributed by atoms with van der Waals surface area (Å²) in [5, 5.41) is 6.00. The van der Waals surface area contributed by atoms with Gasteiger partial charge in [-0.1, -0.05) is 12.8 Å². The molecule has 2 atom stereocenters. The van der Waals surface area contributed by atoms with Crippen LogP contribution in [0.15, 0.2) is 35.5 Å². The highest BCUT2D eigenvalue weighted by atomic mass is 19.3. The van der Waals surface area contributed by atoms with Crippen LogP contribution in [0.4, 0.5) is 18.9 Å². The second-order valence-corrected chi connectivity index (χ2v) is 6.59. The van der Waals surface area contributed by atoms with Crippen molar-refractivity contribution in [2.45, 2.75) is 31.9 Å². The van der Waals surface area contributed by atoms with Crippen LogP contribution >= 0.6 is 0 Å². The smallest absolute Gasteiger partial charge is 0.333 e. The first-order valence-electron chi connectivity index (χ1n) is 8.53. The molecule has 1 aromatic carbocycles. The lowest BCUT2D eigenvalue weighted by Crippen LogP contribution is -2.36. The average molecular weight is 389 g/mol. The minimum atomic E-state index is -2.86. The molecule has 1 aliphatic heterocycles. The zero-order valence-electron chi connectivity index (χ0n) is 15.0. The molecular formula is C19H18F3N5O. The number of amidine groups is 1. The maximum Gasteiger partial charge on any atom is 0.333 e. The molecule has 3 rings (SSSR count). The number of hydrogen-bond acceptors (Lipinski definition) is 4. The molecule has 0 radical (unpaired) electrons. The number of rotatable bonds is 4. The first-order valence-corrected chi connectivity index (χ1v) is 8.53. The molecule has 1 aromatic heterocycles. The van der Waals surface area contributed by atoms with Crippen molar-refractivity contribution >= 4 is 17.4 Å². The van der Waals surface area contributed by atoms with Crippen LogP contribution in [0, 0.1) is 24.1 Å². The van der Waals surface area contributed by atoms with E-state index in [9.17, 15) is 18.0 Å². The summed E-state index contributed by atoms with van der Waals surface area (Å²) in [6.07, 6.45) is 7.70. The number of nitrogens with one attached hydrogen (secondary N) is 1. The largest absolute Gasteiger partial charge is 0.387 e. The molecule has 0 bridgehead atoms. The number of aromatic nitrogens is 2. The SMILES string of the molecule is C#C[C@@]1(c2cc(NC(=O)c3ccn(C(F)F)n3)ccc2F)CC[C@H](C)C(N)=N1. The van der Waals surface area contributed by atoms with E-state index < -0.39 is 23.8 Å². The van der Waals surface area contributed by atoms with Crippen LogP contribution in [0.5, 0.6) is 0 Å². The number of alkyl halides is 2. The third-order valence-electron chi connectivity index (χ3n) is 4.71. The van der Waals surface area contributed by atoms with Crippen molar-refractivity contribution in [1.82, 2.24) is 9.78 Å². The average Bonchev–Trinajstić information content (AvgIpc) is 3.16. The van der Waals surface area contributed by atoms with Crippen molar-refractivity contribution in [3.05, 3.63) is 47.5 Å². The normalized spacial score (nSPS) is 21.9. The summed E-state index contributed by atoms with van der Waals surface area (Å²) in [7, 11) is 0. The van der Waals surface area contributed by atoms with Gasteiger partial charge in [0.05, 0.1) is 5.84 Å². The minimum absolute atomic E-state index is 0.0392. The summed E-state index contributed by atoms with van der Waals surface area (Å²) in [5.41, 5.74) is 4.80. The van der Waals surface area contributed by atoms with E-state index in [-0.39, 0.29) is 22.9 Å². The maximum absolute atomic E-state index is 14.5. The number of nitrogens with two attached hydrogens (primary N) is 1. The Hall–Kier alpha value is -3.28. The number of terminal acetylenes is 1. The Kier molecular flexibility index (Phi) is 5.14. The Bertz CT molecular complexity index is 978. The van der Waals surface area contributed by atoms with Gasteiger partial charge in [-0.2, -0.15) is 13.9 Å². The maximum atomic E-state index is 14.5. The minimum Gasteiger partial charge on any atom is -0.387 e. The van der Waals surface area contributed by atoms with Crippen LogP contribution in [0.3, 0.4) is 0 Å². The topological polar surface area (TPSA) is 85.3 Å². The molecule has 2 aromatic rings. The van der Waals surface area contributed by atoms with Gasteiger partial charge in [-0.25, -0.2) is 14.1 Å². The Morgan fingerprint density at radius 3 is 2.82 bits per heavy atom. The van der Waals surface area contributed by atoms with E-state index in [0.717, 1.165) is 18.3 Å². The number of carbonyl (C=O) groups is 1. The lowest BCUT2D eigenvalue weighted by Gasteiger charge is -2.32. The zero-order valence-corrected chi connectivity index (χ0v) is 15.0. The summed E-state index contributed by atoms with van der Waals surface area (Å²) < 4.78 is 40.1. The van der Waals surface area contributed by atoms with Crippen LogP contribution in [-0.4, -0.2) is 21.5 Å². The predicted molar refractivity (Wildman–Crippen MR) is 98.4 cm³/mol. The quantitative estimate of drug-likeness (QED) is 0.787. The molecule has 6 nitrogen and oxygen atoms in total. The molecule has 0 saturated heterocycles. The van der Waals surface area contributed by atoms with E-state index in [4.69, 9.17) is 12.2 Å². The fraction of sp³-hybridized carbons (Fsp3) is 0.316. The van der Waals surface area contributed by atoms with Gasteiger partial charge in [0.2, 0.25) is 0 Å². The molecular weight excluding hydrogens is 371 g/mol. The monoisotopic (exact) mass is 389 g/mol. The predicted octanol–water partition coefficient (Wildman–Crippen LogP) is 3.29. The number of benzene rings is 1. The number of halogens is 3. The fourth-order valence-electron chi connectivity index (χ4n) is 3.02. The van der Waals surface area contributed by atoms with E-state index in [2.05, 4.69) is 21.3 Å². The van der Waals surface area contributed by atoms with Gasteiger partial charge in [0, 0.05) is 23.4 Å². The van der Waals surface area contributed by atoms with E-state index >= 15 is 0 Å². The molecule has 2 heterocycles. The third-order valence-corrected chi connectivity index (χ3v) is 4.71. The van der Waals surface area contributed by atoms with Crippen LogP contribution in [0.2, 0.25) is 0 Å². The van der Waals surface area contributed by atoms with Gasteiger partial charge in [0.25, 0.3) is 5.91 Å². The van der Waals surface area contributed by atoms with Crippen molar-refractivity contribution in [1.29, 1.82) is 0 Å². The molecule has 0 saturated carbocycles. The highest BCUT2D eigenvalue weighted by Gasteiger charge is 2.37. The number of carbonyl (C=O) groups excluding carboxylic acids is 1. The molecule has 146 valence electrons. The summed E-state index contributed by atoms with van der Waals surface area (Å²) >= 11 is 0. The molecule has 3 N–H and O–H groups in total. The number of amides is 1. The van der Waals surface area contributed by atoms with Gasteiger partial charge in [-0.05, 0) is 37.1 Å². The molecule has 28 heavy (non-hydrogen) atoms. The molecule has 9 heteroatoms.